The molecule has 0 spiro atoms. The Bertz CT molecular complexity index is 1620. The zero-order chi connectivity index (χ0) is 23.2. The van der Waals surface area contributed by atoms with Gasteiger partial charge in [0, 0.05) is 32.8 Å². The van der Waals surface area contributed by atoms with Crippen molar-refractivity contribution in [1.29, 1.82) is 0 Å². The minimum atomic E-state index is 0.0821. The van der Waals surface area contributed by atoms with Gasteiger partial charge in [-0.05, 0) is 37.1 Å². The third-order valence-electron chi connectivity index (χ3n) is 6.09. The average molecular weight is 484 g/mol. The molecule has 1 aliphatic carbocycles. The van der Waals surface area contributed by atoms with Crippen LogP contribution in [0.25, 0.3) is 44.7 Å². The van der Waals surface area contributed by atoms with E-state index in [9.17, 15) is 0 Å². The predicted molar refractivity (Wildman–Crippen MR) is 138 cm³/mol. The van der Waals surface area contributed by atoms with Crippen molar-refractivity contribution in [3.63, 3.8) is 0 Å². The van der Waals surface area contributed by atoms with Crippen molar-refractivity contribution < 1.29 is 4.42 Å². The molecule has 1 atom stereocenters. The first-order valence-corrected chi connectivity index (χ1v) is 11.8. The molecule has 6 heteroatoms. The van der Waals surface area contributed by atoms with Crippen molar-refractivity contribution in [2.45, 2.75) is 19.3 Å². The first kappa shape index (κ1) is 21.1. The van der Waals surface area contributed by atoms with E-state index in [1.54, 1.807) is 6.07 Å². The second-order valence-corrected chi connectivity index (χ2v) is 9.20. The number of rotatable bonds is 3. The molecule has 5 aromatic rings. The highest BCUT2D eigenvalue weighted by Crippen LogP contribution is 2.41. The maximum absolute atomic E-state index is 6.47. The molecule has 3 aromatic carbocycles. The van der Waals surface area contributed by atoms with Crippen LogP contribution in [0.5, 0.6) is 0 Å². The second kappa shape index (κ2) is 8.39. The molecule has 166 valence electrons. The summed E-state index contributed by atoms with van der Waals surface area (Å²) in [5.41, 5.74) is 4.18. The van der Waals surface area contributed by atoms with E-state index in [0.29, 0.717) is 32.9 Å². The van der Waals surface area contributed by atoms with Crippen molar-refractivity contribution in [3.05, 3.63) is 100 Å². The van der Waals surface area contributed by atoms with Gasteiger partial charge in [0.2, 0.25) is 0 Å². The smallest absolute Gasteiger partial charge is 0.164 e. The third-order valence-corrected chi connectivity index (χ3v) is 6.58. The maximum Gasteiger partial charge on any atom is 0.164 e. The van der Waals surface area contributed by atoms with Gasteiger partial charge in [-0.1, -0.05) is 83.9 Å². The van der Waals surface area contributed by atoms with Gasteiger partial charge in [0.15, 0.2) is 17.2 Å². The standard InChI is InChI=1S/C28H19Cl2N3O/c1-16-12-13-22-24(20-14-19(29)15-21(30)25(20)34-22)23(16)28-32-26(17-8-4-2-5-9-17)31-27(33-28)18-10-6-3-7-11-18/h2-10,12-15,18H,11H2,1H3. The molecule has 0 saturated heterocycles. The van der Waals surface area contributed by atoms with Crippen LogP contribution in [0, 0.1) is 6.92 Å². The summed E-state index contributed by atoms with van der Waals surface area (Å²) in [6.45, 7) is 2.05. The van der Waals surface area contributed by atoms with E-state index >= 15 is 0 Å². The number of aryl methyl sites for hydroxylation is 1. The minimum Gasteiger partial charge on any atom is -0.454 e. The van der Waals surface area contributed by atoms with E-state index in [1.807, 2.05) is 60.7 Å². The minimum absolute atomic E-state index is 0.0821. The number of halogens is 2. The summed E-state index contributed by atoms with van der Waals surface area (Å²) >= 11 is 12.8. The fourth-order valence-corrected chi connectivity index (χ4v) is 4.98. The van der Waals surface area contributed by atoms with Crippen LogP contribution in [0.3, 0.4) is 0 Å². The number of nitrogens with zero attached hydrogens (tertiary/aromatic N) is 3. The highest BCUT2D eigenvalue weighted by Gasteiger charge is 2.22. The summed E-state index contributed by atoms with van der Waals surface area (Å²) in [5.74, 6) is 2.07. The van der Waals surface area contributed by atoms with E-state index in [1.165, 1.54) is 0 Å². The normalized spacial score (nSPS) is 15.4. The van der Waals surface area contributed by atoms with Crippen molar-refractivity contribution in [2.24, 2.45) is 0 Å². The molecule has 0 N–H and O–H groups in total. The lowest BCUT2D eigenvalue weighted by atomic mass is 9.98. The molecule has 0 saturated carbocycles. The van der Waals surface area contributed by atoms with Crippen LogP contribution in [-0.2, 0) is 0 Å². The lowest BCUT2D eigenvalue weighted by molar-refractivity contribution is 0.669. The highest BCUT2D eigenvalue weighted by molar-refractivity contribution is 6.39. The zero-order valence-corrected chi connectivity index (χ0v) is 19.8. The first-order chi connectivity index (χ1) is 16.6. The van der Waals surface area contributed by atoms with Crippen LogP contribution in [0.15, 0.2) is 83.3 Å². The van der Waals surface area contributed by atoms with Crippen LogP contribution in [-0.4, -0.2) is 15.0 Å². The number of benzene rings is 3. The third kappa shape index (κ3) is 3.60. The summed E-state index contributed by atoms with van der Waals surface area (Å²) < 4.78 is 6.13. The number of furan rings is 1. The number of hydrogen-bond donors (Lipinski definition) is 0. The van der Waals surface area contributed by atoms with Crippen LogP contribution in [0.2, 0.25) is 10.0 Å². The Kier molecular flexibility index (Phi) is 5.20. The molecule has 4 nitrogen and oxygen atoms in total. The van der Waals surface area contributed by atoms with E-state index in [4.69, 9.17) is 42.6 Å². The fraction of sp³-hybridized carbons (Fsp3) is 0.107. The van der Waals surface area contributed by atoms with E-state index in [2.05, 4.69) is 19.1 Å². The molecule has 2 heterocycles. The highest BCUT2D eigenvalue weighted by atomic mass is 35.5. The Morgan fingerprint density at radius 3 is 2.53 bits per heavy atom. The number of aromatic nitrogens is 3. The summed E-state index contributed by atoms with van der Waals surface area (Å²) in [6, 6.07) is 17.5. The van der Waals surface area contributed by atoms with Gasteiger partial charge < -0.3 is 4.42 Å². The molecule has 1 aliphatic rings. The molecule has 1 unspecified atom stereocenters. The van der Waals surface area contributed by atoms with Gasteiger partial charge in [-0.3, -0.25) is 0 Å². The van der Waals surface area contributed by atoms with Gasteiger partial charge in [-0.25, -0.2) is 15.0 Å². The molecule has 0 amide bonds. The zero-order valence-electron chi connectivity index (χ0n) is 18.3. The molecular formula is C28H19Cl2N3O. The van der Waals surface area contributed by atoms with Crippen LogP contribution < -0.4 is 0 Å². The fourth-order valence-electron chi connectivity index (χ4n) is 4.45. The maximum atomic E-state index is 6.47. The van der Waals surface area contributed by atoms with Crippen molar-refractivity contribution in [3.8, 4) is 22.8 Å². The topological polar surface area (TPSA) is 51.8 Å². The molecule has 0 radical (unpaired) electrons. The van der Waals surface area contributed by atoms with Gasteiger partial charge in [-0.2, -0.15) is 0 Å². The number of allylic oxidation sites excluding steroid dienone is 4. The van der Waals surface area contributed by atoms with Gasteiger partial charge in [0.05, 0.1) is 5.02 Å². The Labute approximate surface area is 206 Å². The number of hydrogen-bond acceptors (Lipinski definition) is 4. The molecular weight excluding hydrogens is 465 g/mol. The van der Waals surface area contributed by atoms with Gasteiger partial charge in [0.25, 0.3) is 0 Å². The van der Waals surface area contributed by atoms with Crippen molar-refractivity contribution in [2.75, 3.05) is 0 Å². The summed E-state index contributed by atoms with van der Waals surface area (Å²) in [4.78, 5) is 14.8. The lowest BCUT2D eigenvalue weighted by Gasteiger charge is -2.15. The van der Waals surface area contributed by atoms with Gasteiger partial charge in [-0.15, -0.1) is 0 Å². The van der Waals surface area contributed by atoms with Crippen molar-refractivity contribution >= 4 is 45.1 Å². The Balaban J connectivity index is 1.67. The predicted octanol–water partition coefficient (Wildman–Crippen LogP) is 8.32. The van der Waals surface area contributed by atoms with E-state index < -0.39 is 0 Å². The number of fused-ring (bicyclic) bond motifs is 3. The van der Waals surface area contributed by atoms with Gasteiger partial charge in [0.1, 0.15) is 11.4 Å². The summed E-state index contributed by atoms with van der Waals surface area (Å²) in [6.07, 6.45) is 9.20. The van der Waals surface area contributed by atoms with E-state index in [-0.39, 0.29) is 5.92 Å². The van der Waals surface area contributed by atoms with Crippen LogP contribution >= 0.6 is 23.2 Å². The Hall–Kier alpha value is -3.47. The molecule has 0 bridgehead atoms. The summed E-state index contributed by atoms with van der Waals surface area (Å²) in [5, 5.41) is 2.76. The summed E-state index contributed by atoms with van der Waals surface area (Å²) in [7, 11) is 0. The van der Waals surface area contributed by atoms with Crippen LogP contribution in [0.4, 0.5) is 0 Å². The molecule has 0 fully saturated rings. The van der Waals surface area contributed by atoms with Crippen molar-refractivity contribution in [1.82, 2.24) is 15.0 Å². The first-order valence-electron chi connectivity index (χ1n) is 11.0. The lowest BCUT2D eigenvalue weighted by Crippen LogP contribution is -2.08. The average Bonchev–Trinajstić information content (AvgIpc) is 3.24. The quantitative estimate of drug-likeness (QED) is 0.258. The van der Waals surface area contributed by atoms with Gasteiger partial charge >= 0.3 is 0 Å². The molecule has 34 heavy (non-hydrogen) atoms. The monoisotopic (exact) mass is 483 g/mol. The largest absolute Gasteiger partial charge is 0.454 e. The SMILES string of the molecule is Cc1ccc2oc3c(Cl)cc(Cl)cc3c2c1-c1nc(-c2ccccc2)nc(C2C=CC=CC2)n1. The van der Waals surface area contributed by atoms with E-state index in [0.717, 1.165) is 39.7 Å². The second-order valence-electron chi connectivity index (χ2n) is 8.36. The molecule has 6 rings (SSSR count). The van der Waals surface area contributed by atoms with Crippen LogP contribution in [0.1, 0.15) is 23.7 Å². The molecule has 2 aromatic heterocycles. The molecule has 0 aliphatic heterocycles. The Morgan fingerprint density at radius 2 is 1.74 bits per heavy atom. The Morgan fingerprint density at radius 1 is 0.912 bits per heavy atom.